The fourth-order valence-electron chi connectivity index (χ4n) is 6.72. The average molecular weight is 682 g/mol. The van der Waals surface area contributed by atoms with Crippen molar-refractivity contribution in [3.63, 3.8) is 0 Å². The van der Waals surface area contributed by atoms with Gasteiger partial charge < -0.3 is 19.5 Å². The highest BCUT2D eigenvalue weighted by atomic mass is 19.4. The van der Waals surface area contributed by atoms with Crippen LogP contribution in [0.1, 0.15) is 48.4 Å². The summed E-state index contributed by atoms with van der Waals surface area (Å²) in [6.07, 6.45) is -1.11. The van der Waals surface area contributed by atoms with Crippen LogP contribution >= 0.6 is 0 Å². The van der Waals surface area contributed by atoms with Gasteiger partial charge in [-0.2, -0.15) is 13.2 Å². The van der Waals surface area contributed by atoms with Crippen LogP contribution in [-0.4, -0.2) is 41.8 Å². The molecule has 11 heteroatoms. The predicted molar refractivity (Wildman–Crippen MR) is 181 cm³/mol. The highest BCUT2D eigenvalue weighted by Crippen LogP contribution is 2.41. The quantitative estimate of drug-likeness (QED) is 0.112. The van der Waals surface area contributed by atoms with Gasteiger partial charge in [-0.1, -0.05) is 67.6 Å². The number of nitrogens with zero attached hydrogens (tertiary/aromatic N) is 2. The van der Waals surface area contributed by atoms with E-state index in [0.29, 0.717) is 71.6 Å². The molecule has 3 heterocycles. The van der Waals surface area contributed by atoms with Crippen molar-refractivity contribution in [2.45, 2.75) is 44.3 Å². The van der Waals surface area contributed by atoms with Crippen molar-refractivity contribution >= 4 is 22.8 Å². The van der Waals surface area contributed by atoms with E-state index in [1.54, 1.807) is 30.3 Å². The molecule has 1 N–H and O–H groups in total. The number of benzene rings is 4. The molecule has 1 saturated heterocycles. The molecule has 0 aliphatic carbocycles. The van der Waals surface area contributed by atoms with Crippen LogP contribution in [0.2, 0.25) is 0 Å². The Bertz CT molecular complexity index is 2070. The predicted octanol–water partition coefficient (Wildman–Crippen LogP) is 8.26. The van der Waals surface area contributed by atoms with Gasteiger partial charge in [-0.15, -0.1) is 0 Å². The van der Waals surface area contributed by atoms with Crippen LogP contribution in [0.4, 0.5) is 18.0 Å². The van der Waals surface area contributed by atoms with Gasteiger partial charge in [0.05, 0.1) is 17.7 Å². The molecule has 0 saturated carbocycles. The summed E-state index contributed by atoms with van der Waals surface area (Å²) in [6, 6.07) is 25.9. The standard InChI is InChI=1S/C39H34F3N3O5/c1-2-38(28-16-17-32-33(22-28)50-24-49-32)36(46)45(37(47)44-38)18-6-7-19-48-29-13-8-12-26(21-29)34-27(20-25-10-4-3-5-11-25)23-43-35-30(34)14-9-15-31(35)39(40,41)42/h3-5,8-17,21-23H,2,6-7,18-20,24H2,1H3,(H,44,47). The number of fused-ring (bicyclic) bond motifs is 2. The first-order chi connectivity index (χ1) is 24.2. The molecule has 1 aromatic heterocycles. The first-order valence-corrected chi connectivity index (χ1v) is 16.5. The Kier molecular flexibility index (Phi) is 8.81. The number of para-hydroxylation sites is 1. The van der Waals surface area contributed by atoms with Crippen molar-refractivity contribution in [3.8, 4) is 28.4 Å². The lowest BCUT2D eigenvalue weighted by atomic mass is 9.87. The Labute approximate surface area is 286 Å². The summed E-state index contributed by atoms with van der Waals surface area (Å²) in [6.45, 7) is 2.48. The van der Waals surface area contributed by atoms with Gasteiger partial charge in [0.1, 0.15) is 11.3 Å². The number of hydrogen-bond acceptors (Lipinski definition) is 6. The van der Waals surface area contributed by atoms with E-state index in [4.69, 9.17) is 14.2 Å². The second-order valence-corrected chi connectivity index (χ2v) is 12.3. The summed E-state index contributed by atoms with van der Waals surface area (Å²) in [4.78, 5) is 32.1. The van der Waals surface area contributed by atoms with E-state index in [-0.39, 0.29) is 24.8 Å². The molecular formula is C39H34F3N3O5. The summed E-state index contributed by atoms with van der Waals surface area (Å²) in [5.74, 6) is 1.36. The SMILES string of the molecule is CCC1(c2ccc3c(c2)OCO3)NC(=O)N(CCCCOc2cccc(-c3c(Cc4ccccc4)cnc4c(C(F)(F)F)cccc34)c2)C1=O. The third-order valence-electron chi connectivity index (χ3n) is 9.26. The molecular weight excluding hydrogens is 647 g/mol. The minimum atomic E-state index is -4.56. The van der Waals surface area contributed by atoms with Crippen LogP contribution in [0.3, 0.4) is 0 Å². The third kappa shape index (κ3) is 6.19. The lowest BCUT2D eigenvalue weighted by Crippen LogP contribution is -2.43. The molecule has 3 amide bonds. The number of carbonyl (C=O) groups excluding carboxylic acids is 2. The van der Waals surface area contributed by atoms with Crippen molar-refractivity contribution in [1.82, 2.24) is 15.2 Å². The van der Waals surface area contributed by atoms with E-state index in [2.05, 4.69) is 10.3 Å². The summed E-state index contributed by atoms with van der Waals surface area (Å²) in [5, 5.41) is 3.31. The number of alkyl halides is 3. The van der Waals surface area contributed by atoms with Gasteiger partial charge in [0.25, 0.3) is 5.91 Å². The minimum Gasteiger partial charge on any atom is -0.494 e. The number of halogens is 3. The first kappa shape index (κ1) is 32.9. The number of rotatable bonds is 11. The number of hydrogen-bond donors (Lipinski definition) is 1. The van der Waals surface area contributed by atoms with E-state index in [1.807, 2.05) is 55.5 Å². The van der Waals surface area contributed by atoms with Gasteiger partial charge in [-0.05, 0) is 83.8 Å². The van der Waals surface area contributed by atoms with Gasteiger partial charge in [-0.25, -0.2) is 4.79 Å². The Morgan fingerprint density at radius 2 is 1.72 bits per heavy atom. The molecule has 1 unspecified atom stereocenters. The first-order valence-electron chi connectivity index (χ1n) is 16.5. The maximum Gasteiger partial charge on any atom is 0.418 e. The molecule has 4 aromatic carbocycles. The molecule has 0 spiro atoms. The van der Waals surface area contributed by atoms with E-state index in [0.717, 1.165) is 17.2 Å². The number of carbonyl (C=O) groups is 2. The molecule has 5 aromatic rings. The van der Waals surface area contributed by atoms with E-state index in [9.17, 15) is 22.8 Å². The van der Waals surface area contributed by atoms with Crippen molar-refractivity contribution in [1.29, 1.82) is 0 Å². The molecule has 50 heavy (non-hydrogen) atoms. The molecule has 2 aliphatic heterocycles. The summed E-state index contributed by atoms with van der Waals surface area (Å²) in [7, 11) is 0. The molecule has 2 aliphatic rings. The Morgan fingerprint density at radius 1 is 0.920 bits per heavy atom. The van der Waals surface area contributed by atoms with Crippen molar-refractivity contribution in [3.05, 3.63) is 119 Å². The van der Waals surface area contributed by atoms with E-state index < -0.39 is 23.3 Å². The molecule has 1 atom stereocenters. The zero-order valence-corrected chi connectivity index (χ0v) is 27.3. The average Bonchev–Trinajstić information content (AvgIpc) is 3.69. The molecule has 7 rings (SSSR count). The number of aromatic nitrogens is 1. The maximum atomic E-state index is 14.0. The van der Waals surface area contributed by atoms with Gasteiger partial charge in [0, 0.05) is 18.1 Å². The van der Waals surface area contributed by atoms with Crippen LogP contribution < -0.4 is 19.5 Å². The molecule has 8 nitrogen and oxygen atoms in total. The normalized spacial score (nSPS) is 17.0. The second-order valence-electron chi connectivity index (χ2n) is 12.3. The number of ether oxygens (including phenoxy) is 3. The summed E-state index contributed by atoms with van der Waals surface area (Å²) in [5.41, 5.74) is 1.72. The Balaban J connectivity index is 1.05. The van der Waals surface area contributed by atoms with Crippen LogP contribution in [0.15, 0.2) is 97.2 Å². The number of urea groups is 1. The molecule has 0 radical (unpaired) electrons. The van der Waals surface area contributed by atoms with Gasteiger partial charge >= 0.3 is 12.2 Å². The fourth-order valence-corrected chi connectivity index (χ4v) is 6.72. The van der Waals surface area contributed by atoms with Gasteiger partial charge in [0.15, 0.2) is 11.5 Å². The van der Waals surface area contributed by atoms with Crippen molar-refractivity contribution < 1.29 is 37.0 Å². The highest BCUT2D eigenvalue weighted by Gasteiger charge is 2.51. The number of unbranched alkanes of at least 4 members (excludes halogenated alkanes) is 1. The molecule has 1 fully saturated rings. The maximum absolute atomic E-state index is 14.0. The number of nitrogens with one attached hydrogen (secondary N) is 1. The van der Waals surface area contributed by atoms with Crippen molar-refractivity contribution in [2.24, 2.45) is 0 Å². The third-order valence-corrected chi connectivity index (χ3v) is 9.26. The summed E-state index contributed by atoms with van der Waals surface area (Å²) < 4.78 is 58.9. The molecule has 256 valence electrons. The number of pyridine rings is 1. The van der Waals surface area contributed by atoms with Gasteiger partial charge in [0.2, 0.25) is 6.79 Å². The number of imide groups is 1. The Hall–Kier alpha value is -5.58. The zero-order chi connectivity index (χ0) is 34.9. The van der Waals surface area contributed by atoms with Crippen LogP contribution in [-0.2, 0) is 22.9 Å². The Morgan fingerprint density at radius 3 is 2.52 bits per heavy atom. The van der Waals surface area contributed by atoms with Crippen LogP contribution in [0.5, 0.6) is 17.2 Å². The van der Waals surface area contributed by atoms with Crippen molar-refractivity contribution in [2.75, 3.05) is 19.9 Å². The van der Waals surface area contributed by atoms with E-state index in [1.165, 1.54) is 17.2 Å². The largest absolute Gasteiger partial charge is 0.494 e. The lowest BCUT2D eigenvalue weighted by Gasteiger charge is -2.26. The van der Waals surface area contributed by atoms with Gasteiger partial charge in [-0.3, -0.25) is 14.7 Å². The molecule has 0 bridgehead atoms. The van der Waals surface area contributed by atoms with Crippen LogP contribution in [0, 0.1) is 0 Å². The fraction of sp³-hybridized carbons (Fsp3) is 0.256. The topological polar surface area (TPSA) is 90.0 Å². The second kappa shape index (κ2) is 13.4. The van der Waals surface area contributed by atoms with Crippen LogP contribution in [0.25, 0.3) is 22.0 Å². The summed E-state index contributed by atoms with van der Waals surface area (Å²) >= 11 is 0. The smallest absolute Gasteiger partial charge is 0.418 e. The lowest BCUT2D eigenvalue weighted by molar-refractivity contribution is -0.136. The number of amides is 3. The minimum absolute atomic E-state index is 0.107. The highest BCUT2D eigenvalue weighted by molar-refractivity contribution is 6.07. The van der Waals surface area contributed by atoms with E-state index >= 15 is 0 Å². The monoisotopic (exact) mass is 681 g/mol. The zero-order valence-electron chi connectivity index (χ0n) is 27.3.